The Labute approximate surface area is 134 Å². The highest BCUT2D eigenvalue weighted by atomic mass is 16.5. The van der Waals surface area contributed by atoms with Crippen molar-refractivity contribution in [2.45, 2.75) is 19.8 Å². The Kier molecular flexibility index (Phi) is 4.10. The number of ether oxygens (including phenoxy) is 1. The van der Waals surface area contributed by atoms with E-state index >= 15 is 0 Å². The van der Waals surface area contributed by atoms with Crippen LogP contribution in [0.4, 0.5) is 5.69 Å². The molecule has 0 aliphatic carbocycles. The van der Waals surface area contributed by atoms with Gasteiger partial charge in [-0.2, -0.15) is 0 Å². The fourth-order valence-electron chi connectivity index (χ4n) is 2.67. The minimum atomic E-state index is -0.261. The molecule has 0 fully saturated rings. The van der Waals surface area contributed by atoms with Crippen LogP contribution in [0.25, 0.3) is 0 Å². The lowest BCUT2D eigenvalue weighted by molar-refractivity contribution is -0.119. The van der Waals surface area contributed by atoms with Crippen LogP contribution in [0.1, 0.15) is 18.1 Å². The van der Waals surface area contributed by atoms with Crippen molar-refractivity contribution < 1.29 is 19.7 Å². The first-order valence-electron chi connectivity index (χ1n) is 7.60. The Morgan fingerprint density at radius 3 is 2.83 bits per heavy atom. The SMILES string of the molecule is CC(Cc1ccc(O)c(O)c1)C(=O)Nc1ccc2c(c1)CCO2. The number of aromatic hydroxyl groups is 2. The Morgan fingerprint density at radius 1 is 1.22 bits per heavy atom. The van der Waals surface area contributed by atoms with E-state index in [0.29, 0.717) is 13.0 Å². The van der Waals surface area contributed by atoms with Crippen LogP contribution < -0.4 is 10.1 Å². The molecule has 1 aliphatic heterocycles. The van der Waals surface area contributed by atoms with E-state index in [1.807, 2.05) is 25.1 Å². The number of carbonyl (C=O) groups excluding carboxylic acids is 1. The molecule has 1 unspecified atom stereocenters. The molecule has 120 valence electrons. The van der Waals surface area contributed by atoms with Crippen LogP contribution >= 0.6 is 0 Å². The van der Waals surface area contributed by atoms with Crippen molar-refractivity contribution in [2.24, 2.45) is 5.92 Å². The van der Waals surface area contributed by atoms with Gasteiger partial charge in [-0.1, -0.05) is 13.0 Å². The third-order valence-corrected chi connectivity index (χ3v) is 3.99. The number of fused-ring (bicyclic) bond motifs is 1. The van der Waals surface area contributed by atoms with Gasteiger partial charge in [-0.3, -0.25) is 4.79 Å². The van der Waals surface area contributed by atoms with E-state index in [4.69, 9.17) is 4.74 Å². The van der Waals surface area contributed by atoms with Crippen molar-refractivity contribution in [3.8, 4) is 17.2 Å². The number of phenolic OH excluding ortho intramolecular Hbond substituents is 2. The summed E-state index contributed by atoms with van der Waals surface area (Å²) in [7, 11) is 0. The third kappa shape index (κ3) is 3.39. The molecule has 0 aromatic heterocycles. The lowest BCUT2D eigenvalue weighted by Gasteiger charge is -2.13. The highest BCUT2D eigenvalue weighted by molar-refractivity contribution is 5.92. The highest BCUT2D eigenvalue weighted by Gasteiger charge is 2.17. The first-order valence-corrected chi connectivity index (χ1v) is 7.60. The van der Waals surface area contributed by atoms with E-state index < -0.39 is 0 Å². The zero-order valence-electron chi connectivity index (χ0n) is 12.9. The van der Waals surface area contributed by atoms with Crippen LogP contribution in [0.15, 0.2) is 36.4 Å². The molecule has 23 heavy (non-hydrogen) atoms. The van der Waals surface area contributed by atoms with Gasteiger partial charge in [-0.05, 0) is 47.9 Å². The summed E-state index contributed by atoms with van der Waals surface area (Å²) in [6.45, 7) is 2.52. The average Bonchev–Trinajstić information content (AvgIpc) is 2.98. The molecule has 0 spiro atoms. The summed E-state index contributed by atoms with van der Waals surface area (Å²) in [5.74, 6) is 0.204. The highest BCUT2D eigenvalue weighted by Crippen LogP contribution is 2.29. The number of anilines is 1. The van der Waals surface area contributed by atoms with Crippen molar-refractivity contribution in [3.05, 3.63) is 47.5 Å². The minimum Gasteiger partial charge on any atom is -0.504 e. The fourth-order valence-corrected chi connectivity index (χ4v) is 2.67. The van der Waals surface area contributed by atoms with Gasteiger partial charge in [0, 0.05) is 18.0 Å². The topological polar surface area (TPSA) is 78.8 Å². The first-order chi connectivity index (χ1) is 11.0. The molecule has 1 atom stereocenters. The second kappa shape index (κ2) is 6.20. The average molecular weight is 313 g/mol. The van der Waals surface area contributed by atoms with E-state index in [1.165, 1.54) is 12.1 Å². The van der Waals surface area contributed by atoms with Crippen molar-refractivity contribution in [3.63, 3.8) is 0 Å². The summed E-state index contributed by atoms with van der Waals surface area (Å²) in [6.07, 6.45) is 1.34. The van der Waals surface area contributed by atoms with E-state index in [0.717, 1.165) is 29.0 Å². The second-order valence-corrected chi connectivity index (χ2v) is 5.84. The van der Waals surface area contributed by atoms with Crippen molar-refractivity contribution in [1.82, 2.24) is 0 Å². The quantitative estimate of drug-likeness (QED) is 0.758. The molecule has 5 nitrogen and oxygen atoms in total. The molecule has 1 heterocycles. The summed E-state index contributed by atoms with van der Waals surface area (Å²) >= 11 is 0. The molecule has 5 heteroatoms. The molecule has 0 bridgehead atoms. The first kappa shape index (κ1) is 15.2. The van der Waals surface area contributed by atoms with Crippen LogP contribution in [-0.2, 0) is 17.6 Å². The summed E-state index contributed by atoms with van der Waals surface area (Å²) < 4.78 is 5.45. The number of phenols is 2. The monoisotopic (exact) mass is 313 g/mol. The Bertz CT molecular complexity index is 742. The molecule has 2 aromatic carbocycles. The molecule has 3 N–H and O–H groups in total. The largest absolute Gasteiger partial charge is 0.504 e. The van der Waals surface area contributed by atoms with Gasteiger partial charge in [0.15, 0.2) is 11.5 Å². The molecule has 0 radical (unpaired) electrons. The zero-order valence-corrected chi connectivity index (χ0v) is 12.9. The van der Waals surface area contributed by atoms with Crippen LogP contribution in [0, 0.1) is 5.92 Å². The van der Waals surface area contributed by atoms with Crippen molar-refractivity contribution >= 4 is 11.6 Å². The van der Waals surface area contributed by atoms with Gasteiger partial charge < -0.3 is 20.3 Å². The lowest BCUT2D eigenvalue weighted by atomic mass is 9.99. The van der Waals surface area contributed by atoms with Crippen molar-refractivity contribution in [1.29, 1.82) is 0 Å². The van der Waals surface area contributed by atoms with E-state index in [2.05, 4.69) is 5.32 Å². The predicted molar refractivity (Wildman–Crippen MR) is 86.9 cm³/mol. The van der Waals surface area contributed by atoms with Gasteiger partial charge >= 0.3 is 0 Å². The predicted octanol–water partition coefficient (Wildman–Crippen LogP) is 2.85. The number of carbonyl (C=O) groups is 1. The Balaban J connectivity index is 1.64. The van der Waals surface area contributed by atoms with Gasteiger partial charge in [-0.15, -0.1) is 0 Å². The maximum absolute atomic E-state index is 12.3. The summed E-state index contributed by atoms with van der Waals surface area (Å²) in [5.41, 5.74) is 2.67. The normalized spacial score (nSPS) is 14.0. The molecular weight excluding hydrogens is 294 g/mol. The summed E-state index contributed by atoms with van der Waals surface area (Å²) in [4.78, 5) is 12.3. The van der Waals surface area contributed by atoms with E-state index in [-0.39, 0.29) is 23.3 Å². The molecular formula is C18H19NO4. The van der Waals surface area contributed by atoms with E-state index in [1.54, 1.807) is 6.07 Å². The maximum atomic E-state index is 12.3. The number of hydrogen-bond acceptors (Lipinski definition) is 4. The van der Waals surface area contributed by atoms with Crippen LogP contribution in [0.3, 0.4) is 0 Å². The number of amides is 1. The number of rotatable bonds is 4. The molecule has 1 amide bonds. The molecule has 2 aromatic rings. The van der Waals surface area contributed by atoms with Gasteiger partial charge in [0.1, 0.15) is 5.75 Å². The number of hydrogen-bond donors (Lipinski definition) is 3. The standard InChI is InChI=1S/C18H19NO4/c1-11(8-12-2-4-15(20)16(21)9-12)18(22)19-14-3-5-17-13(10-14)6-7-23-17/h2-5,9-11,20-21H,6-8H2,1H3,(H,19,22). The van der Waals surface area contributed by atoms with Gasteiger partial charge in [0.25, 0.3) is 0 Å². The second-order valence-electron chi connectivity index (χ2n) is 5.84. The van der Waals surface area contributed by atoms with Gasteiger partial charge in [-0.25, -0.2) is 0 Å². The number of benzene rings is 2. The molecule has 3 rings (SSSR count). The van der Waals surface area contributed by atoms with Crippen LogP contribution in [-0.4, -0.2) is 22.7 Å². The lowest BCUT2D eigenvalue weighted by Crippen LogP contribution is -2.22. The van der Waals surface area contributed by atoms with Crippen LogP contribution in [0.5, 0.6) is 17.2 Å². The molecule has 1 aliphatic rings. The molecule has 0 saturated heterocycles. The zero-order chi connectivity index (χ0) is 16.4. The van der Waals surface area contributed by atoms with Gasteiger partial charge in [0.05, 0.1) is 6.61 Å². The van der Waals surface area contributed by atoms with E-state index in [9.17, 15) is 15.0 Å². The maximum Gasteiger partial charge on any atom is 0.227 e. The van der Waals surface area contributed by atoms with Crippen LogP contribution in [0.2, 0.25) is 0 Å². The minimum absolute atomic E-state index is 0.0866. The molecule has 0 saturated carbocycles. The third-order valence-electron chi connectivity index (χ3n) is 3.99. The Morgan fingerprint density at radius 2 is 2.04 bits per heavy atom. The van der Waals surface area contributed by atoms with Crippen molar-refractivity contribution in [2.75, 3.05) is 11.9 Å². The fraction of sp³-hybridized carbons (Fsp3) is 0.278. The Hall–Kier alpha value is -2.69. The number of nitrogens with one attached hydrogen (secondary N) is 1. The summed E-state index contributed by atoms with van der Waals surface area (Å²) in [6, 6.07) is 10.3. The van der Waals surface area contributed by atoms with Gasteiger partial charge in [0.2, 0.25) is 5.91 Å². The summed E-state index contributed by atoms with van der Waals surface area (Å²) in [5, 5.41) is 21.7. The smallest absolute Gasteiger partial charge is 0.227 e.